The molecular weight excluding hydrogens is 335 g/mol. The van der Waals surface area contributed by atoms with Crippen LogP contribution in [0, 0.1) is 5.82 Å². The van der Waals surface area contributed by atoms with E-state index in [0.29, 0.717) is 24.3 Å². The maximum atomic E-state index is 13.0. The van der Waals surface area contributed by atoms with Gasteiger partial charge in [0.05, 0.1) is 10.7 Å². The minimum atomic E-state index is -0.476. The minimum absolute atomic E-state index is 0.00766. The predicted molar refractivity (Wildman–Crippen MR) is 88.9 cm³/mol. The molecule has 0 saturated heterocycles. The van der Waals surface area contributed by atoms with Gasteiger partial charge in [-0.15, -0.1) is 0 Å². The molecule has 1 heterocycles. The Hall–Kier alpha value is -2.60. The first-order chi connectivity index (χ1) is 11.5. The van der Waals surface area contributed by atoms with Crippen LogP contribution in [0.2, 0.25) is 5.02 Å². The first-order valence-electron chi connectivity index (χ1n) is 7.32. The second kappa shape index (κ2) is 6.88. The number of aryl methyl sites for hydroxylation is 1. The summed E-state index contributed by atoms with van der Waals surface area (Å²) in [5.74, 6) is -0.359. The third-order valence-corrected chi connectivity index (χ3v) is 3.86. The lowest BCUT2D eigenvalue weighted by Crippen LogP contribution is -2.21. The molecule has 7 heteroatoms. The van der Waals surface area contributed by atoms with E-state index in [1.165, 1.54) is 12.1 Å². The van der Waals surface area contributed by atoms with E-state index in [9.17, 15) is 14.0 Å². The van der Waals surface area contributed by atoms with Gasteiger partial charge in [-0.25, -0.2) is 4.39 Å². The molecule has 0 aliphatic carbocycles. The van der Waals surface area contributed by atoms with Crippen LogP contribution in [-0.4, -0.2) is 18.4 Å². The van der Waals surface area contributed by atoms with Crippen molar-refractivity contribution in [3.05, 3.63) is 52.8 Å². The van der Waals surface area contributed by atoms with Crippen LogP contribution in [0.15, 0.2) is 36.4 Å². The number of anilines is 2. The van der Waals surface area contributed by atoms with E-state index in [1.807, 2.05) is 0 Å². The number of hydrogen-bond donors (Lipinski definition) is 2. The number of halogens is 2. The van der Waals surface area contributed by atoms with Crippen LogP contribution in [-0.2, 0) is 16.0 Å². The number of fused-ring (bicyclic) bond motifs is 1. The molecule has 2 aromatic rings. The third kappa shape index (κ3) is 3.83. The van der Waals surface area contributed by atoms with Crippen LogP contribution in [0.25, 0.3) is 0 Å². The molecule has 2 aromatic carbocycles. The van der Waals surface area contributed by atoms with Crippen LogP contribution >= 0.6 is 11.6 Å². The highest BCUT2D eigenvalue weighted by atomic mass is 35.5. The summed E-state index contributed by atoms with van der Waals surface area (Å²) in [4.78, 5) is 23.2. The summed E-state index contributed by atoms with van der Waals surface area (Å²) in [6.07, 6.45) is 1.07. The highest BCUT2D eigenvalue weighted by Gasteiger charge is 2.15. The fourth-order valence-electron chi connectivity index (χ4n) is 2.38. The van der Waals surface area contributed by atoms with Gasteiger partial charge >= 0.3 is 0 Å². The second-order valence-electron chi connectivity index (χ2n) is 5.33. The molecule has 0 radical (unpaired) electrons. The van der Waals surface area contributed by atoms with Crippen molar-refractivity contribution in [2.75, 3.05) is 17.2 Å². The largest absolute Gasteiger partial charge is 0.484 e. The van der Waals surface area contributed by atoms with Crippen molar-refractivity contribution in [1.29, 1.82) is 0 Å². The Morgan fingerprint density at radius 2 is 2.08 bits per heavy atom. The minimum Gasteiger partial charge on any atom is -0.484 e. The third-order valence-electron chi connectivity index (χ3n) is 3.55. The molecule has 0 atom stereocenters. The highest BCUT2D eigenvalue weighted by Crippen LogP contribution is 2.27. The Labute approximate surface area is 142 Å². The number of amides is 2. The highest BCUT2D eigenvalue weighted by molar-refractivity contribution is 6.33. The van der Waals surface area contributed by atoms with Gasteiger partial charge in [0.25, 0.3) is 5.91 Å². The van der Waals surface area contributed by atoms with Gasteiger partial charge in [0.2, 0.25) is 5.91 Å². The SMILES string of the molecule is O=C(COc1ccc2c(c1)CCC(=O)N2)Nc1ccc(F)cc1Cl. The first-order valence-corrected chi connectivity index (χ1v) is 7.69. The molecular formula is C17H14ClFN2O3. The van der Waals surface area contributed by atoms with Crippen molar-refractivity contribution >= 4 is 34.8 Å². The number of benzene rings is 2. The molecule has 0 bridgehead atoms. The monoisotopic (exact) mass is 348 g/mol. The van der Waals surface area contributed by atoms with Crippen molar-refractivity contribution < 1.29 is 18.7 Å². The molecule has 0 aromatic heterocycles. The predicted octanol–water partition coefficient (Wildman–Crippen LogP) is 3.38. The van der Waals surface area contributed by atoms with Crippen molar-refractivity contribution in [3.63, 3.8) is 0 Å². The Balaban J connectivity index is 1.59. The summed E-state index contributed by atoms with van der Waals surface area (Å²) in [5, 5.41) is 5.45. The van der Waals surface area contributed by atoms with E-state index in [0.717, 1.165) is 17.3 Å². The van der Waals surface area contributed by atoms with Crippen molar-refractivity contribution in [2.45, 2.75) is 12.8 Å². The number of carbonyl (C=O) groups is 2. The summed E-state index contributed by atoms with van der Waals surface area (Å²) < 4.78 is 18.4. The zero-order valence-electron chi connectivity index (χ0n) is 12.6. The molecule has 0 unspecified atom stereocenters. The zero-order valence-corrected chi connectivity index (χ0v) is 13.3. The van der Waals surface area contributed by atoms with Crippen LogP contribution in [0.1, 0.15) is 12.0 Å². The van der Waals surface area contributed by atoms with Crippen LogP contribution < -0.4 is 15.4 Å². The Bertz CT molecular complexity index is 810. The van der Waals surface area contributed by atoms with E-state index in [2.05, 4.69) is 10.6 Å². The molecule has 124 valence electrons. The topological polar surface area (TPSA) is 67.4 Å². The normalized spacial score (nSPS) is 13.0. The van der Waals surface area contributed by atoms with Crippen molar-refractivity contribution in [2.24, 2.45) is 0 Å². The lowest BCUT2D eigenvalue weighted by Gasteiger charge is -2.17. The summed E-state index contributed by atoms with van der Waals surface area (Å²) in [6, 6.07) is 8.94. The molecule has 0 spiro atoms. The van der Waals surface area contributed by atoms with Gasteiger partial charge in [-0.05, 0) is 48.4 Å². The van der Waals surface area contributed by atoms with Gasteiger partial charge in [0.1, 0.15) is 11.6 Å². The quantitative estimate of drug-likeness (QED) is 0.890. The van der Waals surface area contributed by atoms with Gasteiger partial charge in [-0.3, -0.25) is 9.59 Å². The van der Waals surface area contributed by atoms with E-state index in [-0.39, 0.29) is 17.5 Å². The van der Waals surface area contributed by atoms with Crippen LogP contribution in [0.5, 0.6) is 5.75 Å². The van der Waals surface area contributed by atoms with Crippen molar-refractivity contribution in [3.8, 4) is 5.75 Å². The Morgan fingerprint density at radius 1 is 1.25 bits per heavy atom. The fraction of sp³-hybridized carbons (Fsp3) is 0.176. The molecule has 5 nitrogen and oxygen atoms in total. The molecule has 1 aliphatic rings. The Morgan fingerprint density at radius 3 is 2.88 bits per heavy atom. The first kappa shape index (κ1) is 16.3. The molecule has 0 saturated carbocycles. The van der Waals surface area contributed by atoms with E-state index in [4.69, 9.17) is 16.3 Å². The average molecular weight is 349 g/mol. The lowest BCUT2D eigenvalue weighted by atomic mass is 10.0. The summed E-state index contributed by atoms with van der Waals surface area (Å²) in [7, 11) is 0. The standard InChI is InChI=1S/C17H14ClFN2O3/c18-13-8-11(19)2-4-15(13)21-17(23)9-24-12-3-5-14-10(7-12)1-6-16(22)20-14/h2-5,7-8H,1,6,9H2,(H,20,22)(H,21,23). The van der Waals surface area contributed by atoms with Gasteiger partial charge in [-0.1, -0.05) is 11.6 Å². The summed E-state index contributed by atoms with van der Waals surface area (Å²) in [5.41, 5.74) is 2.05. The molecule has 2 N–H and O–H groups in total. The molecule has 3 rings (SSSR count). The number of ether oxygens (including phenoxy) is 1. The van der Waals surface area contributed by atoms with Crippen LogP contribution in [0.4, 0.5) is 15.8 Å². The molecule has 2 amide bonds. The van der Waals surface area contributed by atoms with E-state index in [1.54, 1.807) is 18.2 Å². The number of rotatable bonds is 4. The maximum Gasteiger partial charge on any atom is 0.262 e. The summed E-state index contributed by atoms with van der Waals surface area (Å²) in [6.45, 7) is -0.209. The number of hydrogen-bond acceptors (Lipinski definition) is 3. The molecule has 0 fully saturated rings. The van der Waals surface area contributed by atoms with Crippen LogP contribution in [0.3, 0.4) is 0 Å². The van der Waals surface area contributed by atoms with E-state index >= 15 is 0 Å². The molecule has 24 heavy (non-hydrogen) atoms. The van der Waals surface area contributed by atoms with Gasteiger partial charge < -0.3 is 15.4 Å². The van der Waals surface area contributed by atoms with Crippen molar-refractivity contribution in [1.82, 2.24) is 0 Å². The number of nitrogens with one attached hydrogen (secondary N) is 2. The zero-order chi connectivity index (χ0) is 17.1. The summed E-state index contributed by atoms with van der Waals surface area (Å²) >= 11 is 5.85. The second-order valence-corrected chi connectivity index (χ2v) is 5.74. The van der Waals surface area contributed by atoms with E-state index < -0.39 is 11.7 Å². The van der Waals surface area contributed by atoms with Gasteiger partial charge in [0, 0.05) is 12.1 Å². The fourth-order valence-corrected chi connectivity index (χ4v) is 2.59. The van der Waals surface area contributed by atoms with Gasteiger partial charge in [0.15, 0.2) is 6.61 Å². The molecule has 1 aliphatic heterocycles. The van der Waals surface area contributed by atoms with Gasteiger partial charge in [-0.2, -0.15) is 0 Å². The lowest BCUT2D eigenvalue weighted by molar-refractivity contribution is -0.118. The average Bonchev–Trinajstić information content (AvgIpc) is 2.55. The number of carbonyl (C=O) groups excluding carboxylic acids is 2. The smallest absolute Gasteiger partial charge is 0.262 e. The maximum absolute atomic E-state index is 13.0. The Kier molecular flexibility index (Phi) is 4.66.